The number of carbonyl (C=O) groups excluding carboxylic acids is 1. The molecule has 130 valence electrons. The van der Waals surface area contributed by atoms with Crippen LogP contribution >= 0.6 is 0 Å². The number of benzene rings is 1. The van der Waals surface area contributed by atoms with Crippen LogP contribution in [0.1, 0.15) is 34.9 Å². The number of carboxylic acids is 1. The van der Waals surface area contributed by atoms with Crippen molar-refractivity contribution in [1.82, 2.24) is 9.88 Å². The molecule has 1 fully saturated rings. The number of likely N-dealkylation sites (N-methyl/N-ethyl adjacent to an activating group) is 1. The Kier molecular flexibility index (Phi) is 5.09. The molecule has 0 aliphatic heterocycles. The number of carboxylic acid groups (broad SMARTS) is 1. The van der Waals surface area contributed by atoms with Gasteiger partial charge >= 0.3 is 5.97 Å². The fourth-order valence-corrected chi connectivity index (χ4v) is 3.05. The lowest BCUT2D eigenvalue weighted by atomic mass is 10.1. The molecular weight excluding hydrogens is 318 g/mol. The molecule has 1 heterocycles. The first kappa shape index (κ1) is 17.1. The maximum atomic E-state index is 12.4. The minimum absolute atomic E-state index is 0.123. The van der Waals surface area contributed by atoms with Crippen molar-refractivity contribution in [2.75, 3.05) is 18.9 Å². The quantitative estimate of drug-likeness (QED) is 0.810. The third-order valence-corrected chi connectivity index (χ3v) is 4.32. The van der Waals surface area contributed by atoms with Gasteiger partial charge in [0.25, 0.3) is 0 Å². The van der Waals surface area contributed by atoms with Crippen LogP contribution < -0.4 is 5.32 Å². The van der Waals surface area contributed by atoms with Gasteiger partial charge in [-0.2, -0.15) is 0 Å². The van der Waals surface area contributed by atoms with E-state index in [2.05, 4.69) is 10.3 Å². The summed E-state index contributed by atoms with van der Waals surface area (Å²) in [6.45, 7) is 0.217. The number of nitrogens with one attached hydrogen (secondary N) is 1. The van der Waals surface area contributed by atoms with Gasteiger partial charge in [-0.25, -0.2) is 4.79 Å². The van der Waals surface area contributed by atoms with Crippen molar-refractivity contribution in [1.29, 1.82) is 0 Å². The second-order valence-electron chi connectivity index (χ2n) is 6.39. The number of aromatic nitrogens is 1. The van der Waals surface area contributed by atoms with Gasteiger partial charge in [-0.05, 0) is 56.1 Å². The molecule has 1 saturated carbocycles. The zero-order chi connectivity index (χ0) is 17.8. The minimum atomic E-state index is -1.02. The van der Waals surface area contributed by atoms with E-state index in [4.69, 9.17) is 5.11 Å². The molecule has 0 bridgehead atoms. The fraction of sp³-hybridized carbons (Fsp3) is 0.316. The summed E-state index contributed by atoms with van der Waals surface area (Å²) in [5.74, 6) is -0.660. The number of hydrogen-bond donors (Lipinski definition) is 2. The van der Waals surface area contributed by atoms with Crippen LogP contribution in [-0.4, -0.2) is 40.5 Å². The standard InChI is InChI=1S/C19H21N3O3/c1-22(18(13-8-9-13)16-7-2-3-10-20-16)12-17(23)21-15-6-4-5-14(11-15)19(24)25/h2-7,10-11,13,18H,8-9,12H2,1H3,(H,21,23)(H,24,25)/t18-/m1/s1. The van der Waals surface area contributed by atoms with Gasteiger partial charge in [0.15, 0.2) is 0 Å². The molecule has 1 aliphatic rings. The largest absolute Gasteiger partial charge is 0.478 e. The summed E-state index contributed by atoms with van der Waals surface area (Å²) in [6, 6.07) is 12.2. The van der Waals surface area contributed by atoms with E-state index in [9.17, 15) is 9.59 Å². The van der Waals surface area contributed by atoms with Gasteiger partial charge in [0.1, 0.15) is 0 Å². The van der Waals surface area contributed by atoms with E-state index >= 15 is 0 Å². The first-order chi connectivity index (χ1) is 12.0. The summed E-state index contributed by atoms with van der Waals surface area (Å²) >= 11 is 0. The zero-order valence-electron chi connectivity index (χ0n) is 14.1. The number of hydrogen-bond acceptors (Lipinski definition) is 4. The van der Waals surface area contributed by atoms with Gasteiger partial charge in [-0.15, -0.1) is 0 Å². The summed E-state index contributed by atoms with van der Waals surface area (Å²) < 4.78 is 0. The van der Waals surface area contributed by atoms with E-state index in [1.54, 1.807) is 18.3 Å². The second kappa shape index (κ2) is 7.44. The third-order valence-electron chi connectivity index (χ3n) is 4.32. The van der Waals surface area contributed by atoms with Gasteiger partial charge in [0.05, 0.1) is 23.8 Å². The highest BCUT2D eigenvalue weighted by Gasteiger charge is 2.36. The highest BCUT2D eigenvalue weighted by Crippen LogP contribution is 2.43. The summed E-state index contributed by atoms with van der Waals surface area (Å²) in [5, 5.41) is 11.8. The summed E-state index contributed by atoms with van der Waals surface area (Å²) in [7, 11) is 1.92. The Labute approximate surface area is 146 Å². The first-order valence-electron chi connectivity index (χ1n) is 8.29. The van der Waals surface area contributed by atoms with Crippen molar-refractivity contribution in [3.63, 3.8) is 0 Å². The molecule has 1 amide bonds. The molecule has 0 spiro atoms. The van der Waals surface area contributed by atoms with E-state index in [1.807, 2.05) is 30.1 Å². The van der Waals surface area contributed by atoms with Crippen molar-refractivity contribution < 1.29 is 14.7 Å². The lowest BCUT2D eigenvalue weighted by Crippen LogP contribution is -2.34. The summed E-state index contributed by atoms with van der Waals surface area (Å²) in [4.78, 5) is 29.8. The molecule has 0 saturated heterocycles. The molecule has 2 aromatic rings. The number of rotatable bonds is 7. The number of amides is 1. The monoisotopic (exact) mass is 339 g/mol. The molecule has 0 unspecified atom stereocenters. The molecule has 1 atom stereocenters. The van der Waals surface area contributed by atoms with E-state index < -0.39 is 5.97 Å². The first-order valence-corrected chi connectivity index (χ1v) is 8.29. The molecule has 2 N–H and O–H groups in total. The number of anilines is 1. The van der Waals surface area contributed by atoms with Crippen molar-refractivity contribution >= 4 is 17.6 Å². The molecule has 1 aromatic heterocycles. The Morgan fingerprint density at radius 2 is 2.08 bits per heavy atom. The van der Waals surface area contributed by atoms with Gasteiger partial charge in [-0.1, -0.05) is 12.1 Å². The van der Waals surface area contributed by atoms with Gasteiger partial charge in [0, 0.05) is 11.9 Å². The number of pyridine rings is 1. The summed E-state index contributed by atoms with van der Waals surface area (Å²) in [6.07, 6.45) is 4.07. The molecular formula is C19H21N3O3. The highest BCUT2D eigenvalue weighted by molar-refractivity contribution is 5.94. The molecule has 6 nitrogen and oxygen atoms in total. The van der Waals surface area contributed by atoms with Crippen LogP contribution in [0.15, 0.2) is 48.7 Å². The Morgan fingerprint density at radius 1 is 1.28 bits per heavy atom. The van der Waals surface area contributed by atoms with Crippen molar-refractivity contribution in [3.05, 3.63) is 59.9 Å². The zero-order valence-corrected chi connectivity index (χ0v) is 14.1. The van der Waals surface area contributed by atoms with Crippen LogP contribution in [0.5, 0.6) is 0 Å². The summed E-state index contributed by atoms with van der Waals surface area (Å²) in [5.41, 5.74) is 1.61. The Morgan fingerprint density at radius 3 is 2.72 bits per heavy atom. The Hall–Kier alpha value is -2.73. The average molecular weight is 339 g/mol. The Balaban J connectivity index is 1.65. The molecule has 25 heavy (non-hydrogen) atoms. The normalized spacial score (nSPS) is 15.0. The predicted octanol–water partition coefficient (Wildman–Crippen LogP) is 2.80. The van der Waals surface area contributed by atoms with Crippen LogP contribution in [0.4, 0.5) is 5.69 Å². The SMILES string of the molecule is CN(CC(=O)Nc1cccc(C(=O)O)c1)[C@@H](c1ccccn1)C1CC1. The number of aromatic carboxylic acids is 1. The topological polar surface area (TPSA) is 82.5 Å². The highest BCUT2D eigenvalue weighted by atomic mass is 16.4. The fourth-order valence-electron chi connectivity index (χ4n) is 3.05. The van der Waals surface area contributed by atoms with Gasteiger partial charge < -0.3 is 10.4 Å². The van der Waals surface area contributed by atoms with E-state index in [0.717, 1.165) is 18.5 Å². The molecule has 6 heteroatoms. The van der Waals surface area contributed by atoms with Crippen LogP contribution in [0.3, 0.4) is 0 Å². The average Bonchev–Trinajstić information content (AvgIpc) is 3.41. The Bertz CT molecular complexity index is 760. The minimum Gasteiger partial charge on any atom is -0.478 e. The van der Waals surface area contributed by atoms with Crippen LogP contribution in [0.2, 0.25) is 0 Å². The number of carbonyl (C=O) groups is 2. The van der Waals surface area contributed by atoms with Crippen molar-refractivity contribution in [2.24, 2.45) is 5.92 Å². The van der Waals surface area contributed by atoms with E-state index in [1.165, 1.54) is 12.1 Å². The van der Waals surface area contributed by atoms with Crippen LogP contribution in [-0.2, 0) is 4.79 Å². The van der Waals surface area contributed by atoms with Crippen molar-refractivity contribution in [3.8, 4) is 0 Å². The molecule has 0 radical (unpaired) electrons. The maximum Gasteiger partial charge on any atom is 0.335 e. The van der Waals surface area contributed by atoms with Crippen LogP contribution in [0.25, 0.3) is 0 Å². The lowest BCUT2D eigenvalue weighted by Gasteiger charge is -2.27. The lowest BCUT2D eigenvalue weighted by molar-refractivity contribution is -0.117. The van der Waals surface area contributed by atoms with Gasteiger partial charge in [-0.3, -0.25) is 14.7 Å². The number of nitrogens with zero attached hydrogens (tertiary/aromatic N) is 2. The van der Waals surface area contributed by atoms with E-state index in [-0.39, 0.29) is 24.1 Å². The molecule has 3 rings (SSSR count). The molecule has 1 aromatic carbocycles. The third kappa shape index (κ3) is 4.42. The molecule has 1 aliphatic carbocycles. The second-order valence-corrected chi connectivity index (χ2v) is 6.39. The smallest absolute Gasteiger partial charge is 0.335 e. The maximum absolute atomic E-state index is 12.4. The predicted molar refractivity (Wildman–Crippen MR) is 94.4 cm³/mol. The van der Waals surface area contributed by atoms with Gasteiger partial charge in [0.2, 0.25) is 5.91 Å². The van der Waals surface area contributed by atoms with E-state index in [0.29, 0.717) is 11.6 Å². The van der Waals surface area contributed by atoms with Crippen LogP contribution in [0, 0.1) is 5.92 Å². The van der Waals surface area contributed by atoms with Crippen molar-refractivity contribution in [2.45, 2.75) is 18.9 Å².